The Balaban J connectivity index is 1.39. The fraction of sp³-hybridized carbons (Fsp3) is 0.276. The van der Waals surface area contributed by atoms with Crippen molar-refractivity contribution in [3.05, 3.63) is 83.8 Å². The molecule has 0 aliphatic carbocycles. The number of carbonyl (C=O) groups is 1. The van der Waals surface area contributed by atoms with Gasteiger partial charge in [0.1, 0.15) is 0 Å². The van der Waals surface area contributed by atoms with E-state index in [4.69, 9.17) is 0 Å². The molecule has 180 valence electrons. The number of benzene rings is 2. The summed E-state index contributed by atoms with van der Waals surface area (Å²) in [6.45, 7) is 2.92. The van der Waals surface area contributed by atoms with Crippen LogP contribution in [0.25, 0.3) is 23.1 Å². The number of hydrogen-bond donors (Lipinski definition) is 3. The van der Waals surface area contributed by atoms with Gasteiger partial charge in [-0.25, -0.2) is 0 Å². The number of para-hydroxylation sites is 1. The standard InChI is InChI=1S/C29H33N5O/c1-2-3-4-5-6-10-20-31-29(35)25-13-7-8-14-26(25)32-23-15-17-24-27(33-34-28(24)21-23)18-16-22-12-9-11-19-30-22/h7-9,11-19,21,32H,2-6,10,20H2,1H3,(H,31,35)(H,33,34)/b18-16+. The second kappa shape index (κ2) is 12.5. The number of amides is 1. The van der Waals surface area contributed by atoms with Crippen LogP contribution in [0.5, 0.6) is 0 Å². The Hall–Kier alpha value is -3.93. The van der Waals surface area contributed by atoms with Crippen LogP contribution in [0.4, 0.5) is 11.4 Å². The van der Waals surface area contributed by atoms with Gasteiger partial charge in [-0.1, -0.05) is 57.2 Å². The van der Waals surface area contributed by atoms with E-state index in [0.29, 0.717) is 12.1 Å². The van der Waals surface area contributed by atoms with Crippen molar-refractivity contribution in [2.75, 3.05) is 11.9 Å². The van der Waals surface area contributed by atoms with Crippen LogP contribution in [0.15, 0.2) is 66.9 Å². The molecule has 3 N–H and O–H groups in total. The van der Waals surface area contributed by atoms with E-state index in [9.17, 15) is 4.79 Å². The fourth-order valence-electron chi connectivity index (χ4n) is 4.03. The number of hydrogen-bond acceptors (Lipinski definition) is 4. The van der Waals surface area contributed by atoms with Gasteiger partial charge in [0, 0.05) is 23.8 Å². The Kier molecular flexibility index (Phi) is 8.65. The third-order valence-electron chi connectivity index (χ3n) is 5.96. The summed E-state index contributed by atoms with van der Waals surface area (Å²) in [6, 6.07) is 19.5. The Morgan fingerprint density at radius 3 is 2.63 bits per heavy atom. The molecule has 0 aliphatic rings. The van der Waals surface area contributed by atoms with Crippen LogP contribution in [0.2, 0.25) is 0 Å². The van der Waals surface area contributed by atoms with Crippen LogP contribution in [-0.4, -0.2) is 27.6 Å². The van der Waals surface area contributed by atoms with Crippen LogP contribution in [0.1, 0.15) is 67.2 Å². The molecule has 0 saturated heterocycles. The Morgan fingerprint density at radius 1 is 0.943 bits per heavy atom. The van der Waals surface area contributed by atoms with Gasteiger partial charge in [-0.05, 0) is 61.0 Å². The summed E-state index contributed by atoms with van der Waals surface area (Å²) in [4.78, 5) is 17.1. The number of unbranched alkanes of at least 4 members (excludes halogenated alkanes) is 5. The molecule has 0 unspecified atom stereocenters. The highest BCUT2D eigenvalue weighted by Gasteiger charge is 2.11. The molecule has 0 aliphatic heterocycles. The normalized spacial score (nSPS) is 11.2. The number of carbonyl (C=O) groups excluding carboxylic acids is 1. The zero-order chi connectivity index (χ0) is 24.3. The Morgan fingerprint density at radius 2 is 1.77 bits per heavy atom. The topological polar surface area (TPSA) is 82.7 Å². The lowest BCUT2D eigenvalue weighted by Crippen LogP contribution is -2.25. The molecule has 0 bridgehead atoms. The molecular formula is C29H33N5O. The summed E-state index contributed by atoms with van der Waals surface area (Å²) in [5, 5.41) is 15.0. The lowest BCUT2D eigenvalue weighted by molar-refractivity contribution is 0.0953. The first-order chi connectivity index (χ1) is 17.2. The molecule has 1 amide bonds. The highest BCUT2D eigenvalue weighted by Crippen LogP contribution is 2.26. The Bertz CT molecular complexity index is 1260. The average molecular weight is 468 g/mol. The molecule has 0 radical (unpaired) electrons. The van der Waals surface area contributed by atoms with Gasteiger partial charge in [-0.2, -0.15) is 5.10 Å². The van der Waals surface area contributed by atoms with Crippen LogP contribution in [-0.2, 0) is 0 Å². The van der Waals surface area contributed by atoms with E-state index in [1.807, 2.05) is 72.8 Å². The average Bonchev–Trinajstić information content (AvgIpc) is 3.30. The van der Waals surface area contributed by atoms with E-state index in [0.717, 1.165) is 46.5 Å². The van der Waals surface area contributed by atoms with Gasteiger partial charge in [0.05, 0.1) is 28.2 Å². The first-order valence-corrected chi connectivity index (χ1v) is 12.5. The second-order valence-electron chi connectivity index (χ2n) is 8.65. The van der Waals surface area contributed by atoms with Gasteiger partial charge < -0.3 is 10.6 Å². The lowest BCUT2D eigenvalue weighted by atomic mass is 10.1. The minimum Gasteiger partial charge on any atom is -0.355 e. The number of aromatic nitrogens is 3. The van der Waals surface area contributed by atoms with Crippen molar-refractivity contribution >= 4 is 40.3 Å². The summed E-state index contributed by atoms with van der Waals surface area (Å²) < 4.78 is 0. The summed E-state index contributed by atoms with van der Waals surface area (Å²) in [6.07, 6.45) is 12.9. The fourth-order valence-corrected chi connectivity index (χ4v) is 4.03. The number of rotatable bonds is 12. The number of H-pyrrole nitrogens is 1. The van der Waals surface area contributed by atoms with E-state index in [1.165, 1.54) is 25.7 Å². The van der Waals surface area contributed by atoms with Crippen LogP contribution < -0.4 is 10.6 Å². The van der Waals surface area contributed by atoms with Crippen molar-refractivity contribution in [1.82, 2.24) is 20.5 Å². The molecule has 0 fully saturated rings. The zero-order valence-corrected chi connectivity index (χ0v) is 20.3. The molecule has 0 saturated carbocycles. The van der Waals surface area contributed by atoms with Gasteiger partial charge in [-0.15, -0.1) is 0 Å². The molecule has 4 rings (SSSR count). The molecule has 35 heavy (non-hydrogen) atoms. The molecule has 2 heterocycles. The quantitative estimate of drug-likeness (QED) is 0.197. The highest BCUT2D eigenvalue weighted by molar-refractivity contribution is 6.00. The van der Waals surface area contributed by atoms with Crippen molar-refractivity contribution in [2.45, 2.75) is 45.4 Å². The van der Waals surface area contributed by atoms with Gasteiger partial charge in [0.25, 0.3) is 5.91 Å². The minimum atomic E-state index is -0.0498. The van der Waals surface area contributed by atoms with E-state index >= 15 is 0 Å². The third kappa shape index (κ3) is 6.79. The van der Waals surface area contributed by atoms with Crippen LogP contribution in [0.3, 0.4) is 0 Å². The van der Waals surface area contributed by atoms with Crippen molar-refractivity contribution in [3.63, 3.8) is 0 Å². The predicted octanol–water partition coefficient (Wildman–Crippen LogP) is 6.96. The number of fused-ring (bicyclic) bond motifs is 1. The predicted molar refractivity (Wildman–Crippen MR) is 145 cm³/mol. The second-order valence-corrected chi connectivity index (χ2v) is 8.65. The first kappa shape index (κ1) is 24.2. The van der Waals surface area contributed by atoms with E-state index < -0.39 is 0 Å². The molecule has 2 aromatic heterocycles. The summed E-state index contributed by atoms with van der Waals surface area (Å²) in [5.41, 5.74) is 4.96. The molecule has 2 aromatic carbocycles. The molecule has 0 spiro atoms. The third-order valence-corrected chi connectivity index (χ3v) is 5.96. The SMILES string of the molecule is CCCCCCCCNC(=O)c1ccccc1Nc1ccc2c(/C=C/c3ccccn3)n[nH]c2c1. The number of aromatic amines is 1. The molecular weight excluding hydrogens is 434 g/mol. The first-order valence-electron chi connectivity index (χ1n) is 12.5. The van der Waals surface area contributed by atoms with E-state index in [2.05, 4.69) is 32.7 Å². The smallest absolute Gasteiger partial charge is 0.253 e. The van der Waals surface area contributed by atoms with Crippen molar-refractivity contribution in [3.8, 4) is 0 Å². The van der Waals surface area contributed by atoms with Gasteiger partial charge >= 0.3 is 0 Å². The van der Waals surface area contributed by atoms with E-state index in [1.54, 1.807) is 6.20 Å². The maximum atomic E-state index is 12.8. The number of nitrogens with zero attached hydrogens (tertiary/aromatic N) is 2. The van der Waals surface area contributed by atoms with Gasteiger partial charge in [0.15, 0.2) is 0 Å². The van der Waals surface area contributed by atoms with E-state index in [-0.39, 0.29) is 5.91 Å². The number of pyridine rings is 1. The van der Waals surface area contributed by atoms with Crippen molar-refractivity contribution in [1.29, 1.82) is 0 Å². The molecule has 4 aromatic rings. The maximum absolute atomic E-state index is 12.8. The van der Waals surface area contributed by atoms with Gasteiger partial charge in [0.2, 0.25) is 0 Å². The Labute approximate surface area is 206 Å². The van der Waals surface area contributed by atoms with Gasteiger partial charge in [-0.3, -0.25) is 14.9 Å². The maximum Gasteiger partial charge on any atom is 0.253 e. The molecule has 6 nitrogen and oxygen atoms in total. The molecule has 6 heteroatoms. The minimum absolute atomic E-state index is 0.0498. The van der Waals surface area contributed by atoms with Crippen LogP contribution in [0, 0.1) is 0 Å². The van der Waals surface area contributed by atoms with Crippen molar-refractivity contribution in [2.24, 2.45) is 0 Å². The summed E-state index contributed by atoms with van der Waals surface area (Å²) in [5.74, 6) is -0.0498. The molecule has 0 atom stereocenters. The van der Waals surface area contributed by atoms with Crippen molar-refractivity contribution < 1.29 is 4.79 Å². The number of nitrogens with one attached hydrogen (secondary N) is 3. The largest absolute Gasteiger partial charge is 0.355 e. The monoisotopic (exact) mass is 467 g/mol. The summed E-state index contributed by atoms with van der Waals surface area (Å²) in [7, 11) is 0. The summed E-state index contributed by atoms with van der Waals surface area (Å²) >= 11 is 0. The zero-order valence-electron chi connectivity index (χ0n) is 20.3. The number of anilines is 2. The highest BCUT2D eigenvalue weighted by atomic mass is 16.1. The lowest BCUT2D eigenvalue weighted by Gasteiger charge is -2.12. The van der Waals surface area contributed by atoms with Crippen LogP contribution >= 0.6 is 0 Å².